The van der Waals surface area contributed by atoms with Gasteiger partial charge in [0.05, 0.1) is 19.9 Å². The van der Waals surface area contributed by atoms with E-state index in [9.17, 15) is 14.4 Å². The molecule has 0 saturated heterocycles. The first-order valence-electron chi connectivity index (χ1n) is 9.75. The Hall–Kier alpha value is -4.08. The van der Waals surface area contributed by atoms with Crippen LogP contribution in [-0.4, -0.2) is 50.5 Å². The lowest BCUT2D eigenvalue weighted by atomic mass is 10.2. The molecular formula is C22H25N3O7. The number of carbonyl (C=O) groups is 3. The molecule has 0 aliphatic carbocycles. The van der Waals surface area contributed by atoms with Crippen molar-refractivity contribution in [1.29, 1.82) is 0 Å². The van der Waals surface area contributed by atoms with Crippen LogP contribution in [-0.2, 0) is 14.3 Å². The molecule has 2 aromatic rings. The maximum atomic E-state index is 12.1. The molecule has 0 saturated carbocycles. The summed E-state index contributed by atoms with van der Waals surface area (Å²) in [4.78, 5) is 35.5. The SMILES string of the molecule is CCOC(=O)Oc1ccc(/C=N\NC(=O)[C@H](C)NC(=O)COc2ccccc2)cc1OC. The van der Waals surface area contributed by atoms with Gasteiger partial charge in [0.15, 0.2) is 18.1 Å². The summed E-state index contributed by atoms with van der Waals surface area (Å²) in [6.45, 7) is 3.16. The number of methoxy groups -OCH3 is 1. The summed E-state index contributed by atoms with van der Waals surface area (Å²) in [6.07, 6.45) is 0.534. The number of nitrogens with one attached hydrogen (secondary N) is 2. The average molecular weight is 443 g/mol. The number of hydrogen-bond donors (Lipinski definition) is 2. The molecule has 0 bridgehead atoms. The van der Waals surface area contributed by atoms with Gasteiger partial charge < -0.3 is 24.3 Å². The van der Waals surface area contributed by atoms with Gasteiger partial charge in [-0.25, -0.2) is 10.2 Å². The standard InChI is InChI=1S/C22H25N3O7/c1-4-30-22(28)32-18-11-10-16(12-19(18)29-3)13-23-25-21(27)15(2)24-20(26)14-31-17-8-6-5-7-9-17/h5-13,15H,4,14H2,1-3H3,(H,24,26)(H,25,27)/b23-13-/t15-/m0/s1. The molecular weight excluding hydrogens is 418 g/mol. The molecule has 0 unspecified atom stereocenters. The first-order valence-corrected chi connectivity index (χ1v) is 9.75. The quantitative estimate of drug-likeness (QED) is 0.250. The number of ether oxygens (including phenoxy) is 4. The second-order valence-corrected chi connectivity index (χ2v) is 6.32. The van der Waals surface area contributed by atoms with Crippen molar-refractivity contribution in [2.75, 3.05) is 20.3 Å². The Bertz CT molecular complexity index is 948. The molecule has 0 radical (unpaired) electrons. The number of hydrogen-bond acceptors (Lipinski definition) is 8. The molecule has 2 amide bonds. The third kappa shape index (κ3) is 7.98. The van der Waals surface area contributed by atoms with Crippen LogP contribution in [0.25, 0.3) is 0 Å². The van der Waals surface area contributed by atoms with Gasteiger partial charge in [0.1, 0.15) is 11.8 Å². The van der Waals surface area contributed by atoms with Crippen LogP contribution in [0.3, 0.4) is 0 Å². The molecule has 170 valence electrons. The Morgan fingerprint density at radius 1 is 1.09 bits per heavy atom. The molecule has 32 heavy (non-hydrogen) atoms. The van der Waals surface area contributed by atoms with Gasteiger partial charge in [0.25, 0.3) is 11.8 Å². The molecule has 0 aliphatic rings. The zero-order valence-corrected chi connectivity index (χ0v) is 18.0. The fourth-order valence-electron chi connectivity index (χ4n) is 2.37. The highest BCUT2D eigenvalue weighted by Gasteiger charge is 2.15. The van der Waals surface area contributed by atoms with E-state index in [1.165, 1.54) is 26.3 Å². The predicted molar refractivity (Wildman–Crippen MR) is 116 cm³/mol. The van der Waals surface area contributed by atoms with Gasteiger partial charge in [-0.3, -0.25) is 9.59 Å². The first kappa shape index (κ1) is 24.2. The van der Waals surface area contributed by atoms with Gasteiger partial charge >= 0.3 is 6.16 Å². The largest absolute Gasteiger partial charge is 0.513 e. The topological polar surface area (TPSA) is 125 Å². The second-order valence-electron chi connectivity index (χ2n) is 6.32. The number of para-hydroxylation sites is 1. The lowest BCUT2D eigenvalue weighted by Gasteiger charge is -2.12. The molecule has 10 heteroatoms. The van der Waals surface area contributed by atoms with Crippen LogP contribution in [0.1, 0.15) is 19.4 Å². The van der Waals surface area contributed by atoms with Gasteiger partial charge in [-0.15, -0.1) is 0 Å². The van der Waals surface area contributed by atoms with E-state index in [4.69, 9.17) is 18.9 Å². The predicted octanol–water partition coefficient (Wildman–Crippen LogP) is 2.26. The van der Waals surface area contributed by atoms with Gasteiger partial charge in [0.2, 0.25) is 0 Å². The summed E-state index contributed by atoms with van der Waals surface area (Å²) in [5, 5.41) is 6.39. The third-order valence-corrected chi connectivity index (χ3v) is 3.92. The van der Waals surface area contributed by atoms with Crippen molar-refractivity contribution < 1.29 is 33.3 Å². The number of hydrazone groups is 1. The molecule has 0 spiro atoms. The highest BCUT2D eigenvalue weighted by Crippen LogP contribution is 2.27. The summed E-state index contributed by atoms with van der Waals surface area (Å²) < 4.78 is 20.3. The number of amides is 2. The van der Waals surface area contributed by atoms with E-state index in [0.717, 1.165) is 0 Å². The summed E-state index contributed by atoms with van der Waals surface area (Å²) >= 11 is 0. The molecule has 2 N–H and O–H groups in total. The second kappa shape index (κ2) is 12.6. The Balaban J connectivity index is 1.83. The van der Waals surface area contributed by atoms with Crippen molar-refractivity contribution in [1.82, 2.24) is 10.7 Å². The van der Waals surface area contributed by atoms with Gasteiger partial charge in [-0.1, -0.05) is 18.2 Å². The van der Waals surface area contributed by atoms with E-state index in [0.29, 0.717) is 11.3 Å². The minimum atomic E-state index is -0.843. The van der Waals surface area contributed by atoms with Crippen molar-refractivity contribution >= 4 is 24.2 Å². The summed E-state index contributed by atoms with van der Waals surface area (Å²) in [5.74, 6) is 0.0676. The number of nitrogens with zero attached hydrogens (tertiary/aromatic N) is 1. The number of benzene rings is 2. The highest BCUT2D eigenvalue weighted by atomic mass is 16.7. The zero-order valence-electron chi connectivity index (χ0n) is 18.0. The molecule has 1 atom stereocenters. The maximum Gasteiger partial charge on any atom is 0.513 e. The van der Waals surface area contributed by atoms with Crippen LogP contribution in [0.2, 0.25) is 0 Å². The lowest BCUT2D eigenvalue weighted by Crippen LogP contribution is -2.45. The van der Waals surface area contributed by atoms with Gasteiger partial charge in [-0.2, -0.15) is 5.10 Å². The smallest absolute Gasteiger partial charge is 0.493 e. The Labute approximate surface area is 185 Å². The van der Waals surface area contributed by atoms with Crippen molar-refractivity contribution in [3.63, 3.8) is 0 Å². The summed E-state index contributed by atoms with van der Waals surface area (Å²) in [7, 11) is 1.42. The van der Waals surface area contributed by atoms with Crippen LogP contribution < -0.4 is 25.0 Å². The Morgan fingerprint density at radius 2 is 1.84 bits per heavy atom. The molecule has 0 fully saturated rings. The average Bonchev–Trinajstić information content (AvgIpc) is 2.79. The van der Waals surface area contributed by atoms with Crippen molar-refractivity contribution in [2.24, 2.45) is 5.10 Å². The van der Waals surface area contributed by atoms with Crippen molar-refractivity contribution in [3.8, 4) is 17.2 Å². The first-order chi connectivity index (χ1) is 15.4. The van der Waals surface area contributed by atoms with E-state index in [1.807, 2.05) is 6.07 Å². The molecule has 0 aromatic heterocycles. The fourth-order valence-corrected chi connectivity index (χ4v) is 2.37. The van der Waals surface area contributed by atoms with Crippen LogP contribution in [0.5, 0.6) is 17.2 Å². The summed E-state index contributed by atoms with van der Waals surface area (Å²) in [6, 6.07) is 12.7. The third-order valence-electron chi connectivity index (χ3n) is 3.92. The highest BCUT2D eigenvalue weighted by molar-refractivity contribution is 5.89. The van der Waals surface area contributed by atoms with Gasteiger partial charge in [-0.05, 0) is 49.7 Å². The Morgan fingerprint density at radius 3 is 2.53 bits per heavy atom. The normalized spacial score (nSPS) is 11.3. The van der Waals surface area contributed by atoms with Gasteiger partial charge in [0, 0.05) is 0 Å². The van der Waals surface area contributed by atoms with E-state index in [2.05, 4.69) is 15.8 Å². The van der Waals surface area contributed by atoms with Crippen LogP contribution in [0, 0.1) is 0 Å². The van der Waals surface area contributed by atoms with E-state index < -0.39 is 24.0 Å². The van der Waals surface area contributed by atoms with E-state index in [1.54, 1.807) is 43.3 Å². The van der Waals surface area contributed by atoms with Crippen molar-refractivity contribution in [2.45, 2.75) is 19.9 Å². The summed E-state index contributed by atoms with van der Waals surface area (Å²) in [5.41, 5.74) is 2.92. The molecule has 10 nitrogen and oxygen atoms in total. The van der Waals surface area contributed by atoms with Crippen LogP contribution >= 0.6 is 0 Å². The zero-order chi connectivity index (χ0) is 23.3. The monoisotopic (exact) mass is 443 g/mol. The number of rotatable bonds is 10. The van der Waals surface area contributed by atoms with E-state index in [-0.39, 0.29) is 24.7 Å². The van der Waals surface area contributed by atoms with Crippen molar-refractivity contribution in [3.05, 3.63) is 54.1 Å². The molecule has 2 aromatic carbocycles. The fraction of sp³-hybridized carbons (Fsp3) is 0.273. The van der Waals surface area contributed by atoms with Crippen LogP contribution in [0.15, 0.2) is 53.6 Å². The Kier molecular flexibility index (Phi) is 9.51. The minimum absolute atomic E-state index is 0.182. The van der Waals surface area contributed by atoms with E-state index >= 15 is 0 Å². The lowest BCUT2D eigenvalue weighted by molar-refractivity contribution is -0.129. The maximum absolute atomic E-state index is 12.1. The number of carbonyl (C=O) groups excluding carboxylic acids is 3. The molecule has 0 aliphatic heterocycles. The van der Waals surface area contributed by atoms with Crippen LogP contribution in [0.4, 0.5) is 4.79 Å². The molecule has 2 rings (SSSR count). The molecule has 0 heterocycles. The minimum Gasteiger partial charge on any atom is -0.493 e.